The highest BCUT2D eigenvalue weighted by Crippen LogP contribution is 2.24. The normalized spacial score (nSPS) is 15.8. The highest BCUT2D eigenvalue weighted by molar-refractivity contribution is 7.89. The number of aryl methyl sites for hydroxylation is 1. The van der Waals surface area contributed by atoms with Gasteiger partial charge in [0.1, 0.15) is 0 Å². The second-order valence-electron chi connectivity index (χ2n) is 6.53. The number of pyridine rings is 1. The molecule has 1 aliphatic rings. The molecule has 0 bridgehead atoms. The number of benzene rings is 1. The van der Waals surface area contributed by atoms with Gasteiger partial charge in [-0.25, -0.2) is 8.42 Å². The van der Waals surface area contributed by atoms with Crippen LogP contribution in [0, 0.1) is 6.92 Å². The molecule has 0 amide bonds. The molecule has 0 spiro atoms. The molecule has 8 heteroatoms. The lowest BCUT2D eigenvalue weighted by atomic mass is 10.2. The van der Waals surface area contributed by atoms with Gasteiger partial charge in [0.2, 0.25) is 10.0 Å². The van der Waals surface area contributed by atoms with Crippen LogP contribution in [0.5, 0.6) is 0 Å². The number of aromatic nitrogens is 3. The number of nitrogens with zero attached hydrogens (tertiary/aromatic N) is 4. The summed E-state index contributed by atoms with van der Waals surface area (Å²) in [5, 5.41) is 7.43. The average Bonchev–Trinajstić information content (AvgIpc) is 3.19. The first-order chi connectivity index (χ1) is 13.1. The van der Waals surface area contributed by atoms with Crippen LogP contribution >= 0.6 is 0 Å². The third-order valence-electron chi connectivity index (χ3n) is 4.83. The highest BCUT2D eigenvalue weighted by atomic mass is 32.2. The molecule has 27 heavy (non-hydrogen) atoms. The molecule has 7 nitrogen and oxygen atoms in total. The van der Waals surface area contributed by atoms with Crippen LogP contribution in [0.1, 0.15) is 5.56 Å². The van der Waals surface area contributed by atoms with E-state index in [1.807, 2.05) is 37.3 Å². The molecule has 0 radical (unpaired) electrons. The third-order valence-corrected chi connectivity index (χ3v) is 6.89. The molecule has 1 fully saturated rings. The lowest BCUT2D eigenvalue weighted by Crippen LogP contribution is -2.48. The summed E-state index contributed by atoms with van der Waals surface area (Å²) in [6.07, 6.45) is 3.48. The number of aromatic amines is 1. The van der Waals surface area contributed by atoms with E-state index in [9.17, 15) is 8.42 Å². The van der Waals surface area contributed by atoms with E-state index in [1.165, 1.54) is 0 Å². The number of anilines is 1. The Kier molecular flexibility index (Phi) is 4.67. The monoisotopic (exact) mass is 383 g/mol. The zero-order chi connectivity index (χ0) is 18.9. The van der Waals surface area contributed by atoms with Crippen molar-refractivity contribution in [1.29, 1.82) is 0 Å². The summed E-state index contributed by atoms with van der Waals surface area (Å²) in [7, 11) is -3.46. The SMILES string of the molecule is Cc1ccccc1S(=O)(=O)N1CCN(c2cc(-c3ccncc3)[nH]n2)CC1. The minimum absolute atomic E-state index is 0.387. The Bertz CT molecular complexity index is 1030. The van der Waals surface area contributed by atoms with Gasteiger partial charge in [-0.1, -0.05) is 18.2 Å². The zero-order valence-corrected chi connectivity index (χ0v) is 15.9. The lowest BCUT2D eigenvalue weighted by molar-refractivity contribution is 0.383. The van der Waals surface area contributed by atoms with Crippen molar-refractivity contribution in [2.75, 3.05) is 31.1 Å². The molecule has 3 aromatic rings. The zero-order valence-electron chi connectivity index (χ0n) is 15.0. The molecule has 0 atom stereocenters. The van der Waals surface area contributed by atoms with Crippen LogP contribution in [0.4, 0.5) is 5.82 Å². The van der Waals surface area contributed by atoms with Gasteiger partial charge in [-0.2, -0.15) is 9.40 Å². The van der Waals surface area contributed by atoms with Gasteiger partial charge >= 0.3 is 0 Å². The maximum atomic E-state index is 12.9. The smallest absolute Gasteiger partial charge is 0.243 e. The van der Waals surface area contributed by atoms with Crippen molar-refractivity contribution in [3.05, 3.63) is 60.4 Å². The second kappa shape index (κ2) is 7.13. The van der Waals surface area contributed by atoms with Gasteiger partial charge in [0, 0.05) is 50.2 Å². The van der Waals surface area contributed by atoms with Crippen molar-refractivity contribution >= 4 is 15.8 Å². The van der Waals surface area contributed by atoms with Gasteiger partial charge in [0.25, 0.3) is 0 Å². The first kappa shape index (κ1) is 17.7. The van der Waals surface area contributed by atoms with Gasteiger partial charge in [-0.05, 0) is 30.7 Å². The van der Waals surface area contributed by atoms with Gasteiger partial charge in [0.15, 0.2) is 5.82 Å². The fourth-order valence-corrected chi connectivity index (χ4v) is 4.94. The second-order valence-corrected chi connectivity index (χ2v) is 8.44. The van der Waals surface area contributed by atoms with E-state index in [-0.39, 0.29) is 0 Å². The summed E-state index contributed by atoms with van der Waals surface area (Å²) >= 11 is 0. The largest absolute Gasteiger partial charge is 0.352 e. The number of piperazine rings is 1. The number of rotatable bonds is 4. The van der Waals surface area contributed by atoms with Crippen LogP contribution in [0.2, 0.25) is 0 Å². The third kappa shape index (κ3) is 3.45. The molecule has 140 valence electrons. The topological polar surface area (TPSA) is 82.2 Å². The van der Waals surface area contributed by atoms with E-state index in [4.69, 9.17) is 0 Å². The van der Waals surface area contributed by atoms with Gasteiger partial charge in [0.05, 0.1) is 10.6 Å². The van der Waals surface area contributed by atoms with Crippen molar-refractivity contribution in [3.63, 3.8) is 0 Å². The van der Waals surface area contributed by atoms with E-state index >= 15 is 0 Å². The van der Waals surface area contributed by atoms with E-state index in [2.05, 4.69) is 20.1 Å². The summed E-state index contributed by atoms with van der Waals surface area (Å²) in [6, 6.07) is 12.9. The molecule has 1 aromatic carbocycles. The summed E-state index contributed by atoms with van der Waals surface area (Å²) in [6.45, 7) is 3.91. The standard InChI is InChI=1S/C19H21N5O2S/c1-15-4-2-3-5-18(15)27(25,26)24-12-10-23(11-13-24)19-14-17(21-22-19)16-6-8-20-9-7-16/h2-9,14H,10-13H2,1H3,(H,21,22). The first-order valence-electron chi connectivity index (χ1n) is 8.82. The van der Waals surface area contributed by atoms with E-state index in [1.54, 1.807) is 28.8 Å². The number of hydrogen-bond acceptors (Lipinski definition) is 5. The first-order valence-corrected chi connectivity index (χ1v) is 10.3. The quantitative estimate of drug-likeness (QED) is 0.747. The van der Waals surface area contributed by atoms with E-state index in [0.29, 0.717) is 31.1 Å². The molecule has 1 N–H and O–H groups in total. The van der Waals surface area contributed by atoms with Crippen molar-refractivity contribution in [2.24, 2.45) is 0 Å². The van der Waals surface area contributed by atoms with Gasteiger partial charge in [-0.15, -0.1) is 0 Å². The molecule has 1 aliphatic heterocycles. The maximum Gasteiger partial charge on any atom is 0.243 e. The molecular formula is C19H21N5O2S. The predicted octanol–water partition coefficient (Wildman–Crippen LogP) is 2.29. The van der Waals surface area contributed by atoms with Gasteiger partial charge in [-0.3, -0.25) is 10.1 Å². The Balaban J connectivity index is 1.47. The van der Waals surface area contributed by atoms with Crippen LogP contribution in [-0.4, -0.2) is 54.1 Å². The predicted molar refractivity (Wildman–Crippen MR) is 104 cm³/mol. The van der Waals surface area contributed by atoms with Gasteiger partial charge < -0.3 is 4.90 Å². The summed E-state index contributed by atoms with van der Waals surface area (Å²) in [4.78, 5) is 6.51. The number of nitrogens with one attached hydrogen (secondary N) is 1. The fraction of sp³-hybridized carbons (Fsp3) is 0.263. The van der Waals surface area contributed by atoms with Crippen LogP contribution < -0.4 is 4.90 Å². The summed E-state index contributed by atoms with van der Waals surface area (Å²) in [5.41, 5.74) is 2.71. The van der Waals surface area contributed by atoms with E-state index in [0.717, 1.165) is 22.6 Å². The number of hydrogen-bond donors (Lipinski definition) is 1. The molecule has 0 aliphatic carbocycles. The lowest BCUT2D eigenvalue weighted by Gasteiger charge is -2.34. The molecule has 3 heterocycles. The van der Waals surface area contributed by atoms with Crippen molar-refractivity contribution in [1.82, 2.24) is 19.5 Å². The molecule has 4 rings (SSSR count). The molecular weight excluding hydrogens is 362 g/mol. The minimum atomic E-state index is -3.46. The summed E-state index contributed by atoms with van der Waals surface area (Å²) in [5.74, 6) is 0.828. The van der Waals surface area contributed by atoms with Crippen LogP contribution in [0.15, 0.2) is 59.8 Å². The van der Waals surface area contributed by atoms with Crippen LogP contribution in [0.25, 0.3) is 11.3 Å². The Morgan fingerprint density at radius 3 is 2.41 bits per heavy atom. The van der Waals surface area contributed by atoms with Crippen molar-refractivity contribution < 1.29 is 8.42 Å². The number of sulfonamides is 1. The van der Waals surface area contributed by atoms with Crippen LogP contribution in [0.3, 0.4) is 0 Å². The molecule has 0 unspecified atom stereocenters. The van der Waals surface area contributed by atoms with Crippen molar-refractivity contribution in [3.8, 4) is 11.3 Å². The summed E-state index contributed by atoms with van der Waals surface area (Å²) < 4.78 is 27.4. The Morgan fingerprint density at radius 1 is 1.00 bits per heavy atom. The Hall–Kier alpha value is -2.71. The number of H-pyrrole nitrogens is 1. The van der Waals surface area contributed by atoms with Crippen molar-refractivity contribution in [2.45, 2.75) is 11.8 Å². The highest BCUT2D eigenvalue weighted by Gasteiger charge is 2.30. The Morgan fingerprint density at radius 2 is 1.70 bits per heavy atom. The average molecular weight is 383 g/mol. The molecule has 0 saturated carbocycles. The van der Waals surface area contributed by atoms with E-state index < -0.39 is 10.0 Å². The Labute approximate surface area is 158 Å². The fourth-order valence-electron chi connectivity index (χ4n) is 3.29. The molecule has 2 aromatic heterocycles. The van der Waals surface area contributed by atoms with Crippen LogP contribution in [-0.2, 0) is 10.0 Å². The molecule has 1 saturated heterocycles. The minimum Gasteiger partial charge on any atom is -0.352 e. The maximum absolute atomic E-state index is 12.9.